The first kappa shape index (κ1) is 16.7. The number of nitrogens with zero attached hydrogens (tertiary/aromatic N) is 1. The summed E-state index contributed by atoms with van der Waals surface area (Å²) in [7, 11) is -3.61. The standard InChI is InChI=1S/C17H20N2O4S/c1-12-5-10-17(23-12)16-4-3-11-19(16)24(21,22)15-8-6-14(7-9-15)18-13(2)20/h5-10,16H,3-4,11H2,1-2H3,(H,18,20)/t16-/m1/s1. The summed E-state index contributed by atoms with van der Waals surface area (Å²) in [5.74, 6) is 1.26. The first-order valence-electron chi connectivity index (χ1n) is 7.84. The second-order valence-electron chi connectivity index (χ2n) is 5.93. The van der Waals surface area contributed by atoms with Crippen molar-refractivity contribution in [1.29, 1.82) is 0 Å². The molecule has 2 heterocycles. The van der Waals surface area contributed by atoms with Crippen LogP contribution in [0.2, 0.25) is 0 Å². The lowest BCUT2D eigenvalue weighted by Gasteiger charge is -2.22. The van der Waals surface area contributed by atoms with Gasteiger partial charge >= 0.3 is 0 Å². The third kappa shape index (κ3) is 3.22. The molecular weight excluding hydrogens is 328 g/mol. The number of sulfonamides is 1. The van der Waals surface area contributed by atoms with Gasteiger partial charge in [-0.3, -0.25) is 4.79 Å². The van der Waals surface area contributed by atoms with Crippen molar-refractivity contribution in [3.05, 3.63) is 47.9 Å². The monoisotopic (exact) mass is 348 g/mol. The molecule has 0 aliphatic carbocycles. The molecule has 1 aromatic heterocycles. The van der Waals surface area contributed by atoms with Crippen LogP contribution < -0.4 is 5.32 Å². The zero-order valence-electron chi connectivity index (χ0n) is 13.7. The zero-order chi connectivity index (χ0) is 17.3. The van der Waals surface area contributed by atoms with Gasteiger partial charge in [0.05, 0.1) is 10.9 Å². The Bertz CT molecular complexity index is 840. The molecule has 1 aromatic carbocycles. The molecular formula is C17H20N2O4S. The van der Waals surface area contributed by atoms with Crippen molar-refractivity contribution in [1.82, 2.24) is 4.31 Å². The molecule has 0 radical (unpaired) electrons. The molecule has 24 heavy (non-hydrogen) atoms. The van der Waals surface area contributed by atoms with E-state index in [4.69, 9.17) is 4.42 Å². The van der Waals surface area contributed by atoms with Crippen LogP contribution in [0.4, 0.5) is 5.69 Å². The number of hydrogen-bond acceptors (Lipinski definition) is 4. The molecule has 7 heteroatoms. The smallest absolute Gasteiger partial charge is 0.243 e. The summed E-state index contributed by atoms with van der Waals surface area (Å²) in [6.07, 6.45) is 1.55. The fourth-order valence-corrected chi connectivity index (χ4v) is 4.66. The summed E-state index contributed by atoms with van der Waals surface area (Å²) in [5.41, 5.74) is 0.570. The highest BCUT2D eigenvalue weighted by Crippen LogP contribution is 2.37. The minimum atomic E-state index is -3.61. The van der Waals surface area contributed by atoms with Gasteiger partial charge in [0, 0.05) is 19.2 Å². The maximum Gasteiger partial charge on any atom is 0.243 e. The van der Waals surface area contributed by atoms with Crippen LogP contribution in [0, 0.1) is 6.92 Å². The second kappa shape index (κ2) is 6.41. The molecule has 3 rings (SSSR count). The highest BCUT2D eigenvalue weighted by molar-refractivity contribution is 7.89. The van der Waals surface area contributed by atoms with E-state index in [9.17, 15) is 13.2 Å². The van der Waals surface area contributed by atoms with Gasteiger partial charge in [-0.2, -0.15) is 4.31 Å². The van der Waals surface area contributed by atoms with Crippen molar-refractivity contribution in [2.45, 2.75) is 37.6 Å². The lowest BCUT2D eigenvalue weighted by Crippen LogP contribution is -2.30. The van der Waals surface area contributed by atoms with Gasteiger partial charge in [0.25, 0.3) is 0 Å². The molecule has 6 nitrogen and oxygen atoms in total. The predicted octanol–water partition coefficient (Wildman–Crippen LogP) is 3.07. The first-order valence-corrected chi connectivity index (χ1v) is 9.28. The van der Waals surface area contributed by atoms with Gasteiger partial charge in [0.2, 0.25) is 15.9 Å². The highest BCUT2D eigenvalue weighted by atomic mass is 32.2. The minimum Gasteiger partial charge on any atom is -0.465 e. The number of aryl methyl sites for hydroxylation is 1. The van der Waals surface area contributed by atoms with Gasteiger partial charge in [-0.25, -0.2) is 8.42 Å². The van der Waals surface area contributed by atoms with Crippen molar-refractivity contribution in [2.75, 3.05) is 11.9 Å². The predicted molar refractivity (Wildman–Crippen MR) is 90.1 cm³/mol. The van der Waals surface area contributed by atoms with Gasteiger partial charge in [-0.15, -0.1) is 0 Å². The van der Waals surface area contributed by atoms with Crippen LogP contribution in [-0.2, 0) is 14.8 Å². The van der Waals surface area contributed by atoms with Crippen molar-refractivity contribution in [2.24, 2.45) is 0 Å². The fraction of sp³-hybridized carbons (Fsp3) is 0.353. The van der Waals surface area contributed by atoms with Crippen LogP contribution in [0.3, 0.4) is 0 Å². The molecule has 128 valence electrons. The van der Waals surface area contributed by atoms with Crippen LogP contribution in [-0.4, -0.2) is 25.2 Å². The van der Waals surface area contributed by atoms with Crippen LogP contribution in [0.25, 0.3) is 0 Å². The average molecular weight is 348 g/mol. The van der Waals surface area contributed by atoms with E-state index < -0.39 is 10.0 Å². The van der Waals surface area contributed by atoms with Crippen molar-refractivity contribution >= 4 is 21.6 Å². The van der Waals surface area contributed by atoms with Crippen LogP contribution in [0.5, 0.6) is 0 Å². The molecule has 0 unspecified atom stereocenters. The van der Waals surface area contributed by atoms with Gasteiger partial charge in [-0.05, 0) is 56.2 Å². The Morgan fingerprint density at radius 1 is 1.21 bits per heavy atom. The van der Waals surface area contributed by atoms with Crippen molar-refractivity contribution in [3.63, 3.8) is 0 Å². The summed E-state index contributed by atoms with van der Waals surface area (Å²) in [4.78, 5) is 11.3. The zero-order valence-corrected chi connectivity index (χ0v) is 14.5. The molecule has 1 aliphatic heterocycles. The molecule has 1 atom stereocenters. The number of furan rings is 1. The van der Waals surface area contributed by atoms with E-state index in [1.54, 1.807) is 12.1 Å². The summed E-state index contributed by atoms with van der Waals surface area (Å²) >= 11 is 0. The molecule has 1 amide bonds. The van der Waals surface area contributed by atoms with E-state index in [-0.39, 0.29) is 16.8 Å². The average Bonchev–Trinajstić information content (AvgIpc) is 3.15. The van der Waals surface area contributed by atoms with Crippen LogP contribution in [0.1, 0.15) is 37.3 Å². The minimum absolute atomic E-state index is 0.196. The van der Waals surface area contributed by atoms with Gasteiger partial charge in [0.1, 0.15) is 11.5 Å². The topological polar surface area (TPSA) is 79.6 Å². The third-order valence-electron chi connectivity index (χ3n) is 4.07. The second-order valence-corrected chi connectivity index (χ2v) is 7.82. The lowest BCUT2D eigenvalue weighted by atomic mass is 10.2. The maximum absolute atomic E-state index is 13.0. The SMILES string of the molecule is CC(=O)Nc1ccc(S(=O)(=O)N2CCC[C@@H]2c2ccc(C)o2)cc1. The normalized spacial score (nSPS) is 18.7. The number of nitrogens with one attached hydrogen (secondary N) is 1. The number of hydrogen-bond donors (Lipinski definition) is 1. The molecule has 1 fully saturated rings. The van der Waals surface area contributed by atoms with E-state index in [1.165, 1.54) is 23.4 Å². The number of carbonyl (C=O) groups excluding carboxylic acids is 1. The number of carbonyl (C=O) groups is 1. The molecule has 1 saturated heterocycles. The largest absolute Gasteiger partial charge is 0.465 e. The van der Waals surface area contributed by atoms with E-state index in [0.29, 0.717) is 18.0 Å². The Morgan fingerprint density at radius 2 is 1.92 bits per heavy atom. The fourth-order valence-electron chi connectivity index (χ4n) is 2.99. The lowest BCUT2D eigenvalue weighted by molar-refractivity contribution is -0.114. The van der Waals surface area contributed by atoms with E-state index >= 15 is 0 Å². The highest BCUT2D eigenvalue weighted by Gasteiger charge is 2.37. The van der Waals surface area contributed by atoms with E-state index in [2.05, 4.69) is 5.32 Å². The van der Waals surface area contributed by atoms with Crippen molar-refractivity contribution in [3.8, 4) is 0 Å². The van der Waals surface area contributed by atoms with Gasteiger partial charge in [0.15, 0.2) is 0 Å². The summed E-state index contributed by atoms with van der Waals surface area (Å²) in [6, 6.07) is 9.65. The Hall–Kier alpha value is -2.12. The van der Waals surface area contributed by atoms with Gasteiger partial charge in [-0.1, -0.05) is 0 Å². The Morgan fingerprint density at radius 3 is 2.50 bits per heavy atom. The third-order valence-corrected chi connectivity index (χ3v) is 6.00. The molecule has 1 aliphatic rings. The molecule has 2 aromatic rings. The Balaban J connectivity index is 1.87. The van der Waals surface area contributed by atoms with E-state index in [1.807, 2.05) is 19.1 Å². The number of anilines is 1. The van der Waals surface area contributed by atoms with E-state index in [0.717, 1.165) is 18.6 Å². The Kier molecular flexibility index (Phi) is 4.47. The number of amides is 1. The summed E-state index contributed by atoms with van der Waals surface area (Å²) in [6.45, 7) is 3.73. The molecule has 1 N–H and O–H groups in total. The van der Waals surface area contributed by atoms with Crippen LogP contribution >= 0.6 is 0 Å². The molecule has 0 saturated carbocycles. The van der Waals surface area contributed by atoms with Crippen molar-refractivity contribution < 1.29 is 17.6 Å². The summed E-state index contributed by atoms with van der Waals surface area (Å²) < 4.78 is 33.0. The maximum atomic E-state index is 13.0. The first-order chi connectivity index (χ1) is 11.4. The quantitative estimate of drug-likeness (QED) is 0.921. The molecule has 0 spiro atoms. The summed E-state index contributed by atoms with van der Waals surface area (Å²) in [5, 5.41) is 2.63. The number of benzene rings is 1. The van der Waals surface area contributed by atoms with Crippen LogP contribution in [0.15, 0.2) is 45.7 Å². The van der Waals surface area contributed by atoms with Gasteiger partial charge < -0.3 is 9.73 Å². The number of rotatable bonds is 4. The Labute approximate surface area is 141 Å². The molecule has 0 bridgehead atoms.